The topological polar surface area (TPSA) is 0 Å². The van der Waals surface area contributed by atoms with Crippen molar-refractivity contribution in [1.82, 2.24) is 0 Å². The number of hydrogen-bond donors (Lipinski definition) is 0. The Morgan fingerprint density at radius 2 is 1.17 bits per heavy atom. The maximum absolute atomic E-state index is 4.57. The van der Waals surface area contributed by atoms with Gasteiger partial charge in [0.2, 0.25) is 0 Å². The molecular formula is C10H15ClRu. The summed E-state index contributed by atoms with van der Waals surface area (Å²) in [7, 11) is 4.57. The van der Waals surface area contributed by atoms with Gasteiger partial charge in [-0.1, -0.05) is 34.6 Å². The van der Waals surface area contributed by atoms with E-state index in [2.05, 4.69) is 44.3 Å². The van der Waals surface area contributed by atoms with Crippen LogP contribution in [0.25, 0.3) is 0 Å². The average molecular weight is 272 g/mol. The van der Waals surface area contributed by atoms with Gasteiger partial charge in [0.15, 0.2) is 0 Å². The van der Waals surface area contributed by atoms with E-state index in [4.69, 9.17) is 0 Å². The van der Waals surface area contributed by atoms with Crippen molar-refractivity contribution in [3.8, 4) is 0 Å². The molecule has 0 saturated heterocycles. The van der Waals surface area contributed by atoms with Gasteiger partial charge < -0.3 is 0 Å². The van der Waals surface area contributed by atoms with Gasteiger partial charge in [-0.2, -0.15) is 27.8 Å². The van der Waals surface area contributed by atoms with Crippen LogP contribution in [-0.2, 0) is 17.3 Å². The first kappa shape index (κ1) is 12.3. The normalized spacial score (nSPS) is 9.25. The molecule has 0 nitrogen and oxygen atoms in total. The van der Waals surface area contributed by atoms with E-state index < -0.39 is 0 Å². The summed E-state index contributed by atoms with van der Waals surface area (Å²) < 4.78 is 0. The molecule has 0 fully saturated rings. The summed E-state index contributed by atoms with van der Waals surface area (Å²) in [6, 6.07) is 0. The number of rotatable bonds is 0. The van der Waals surface area contributed by atoms with Crippen molar-refractivity contribution in [1.29, 1.82) is 0 Å². The van der Waals surface area contributed by atoms with Crippen molar-refractivity contribution in [2.45, 2.75) is 34.6 Å². The van der Waals surface area contributed by atoms with Gasteiger partial charge in [0.25, 0.3) is 0 Å². The molecule has 0 aliphatic heterocycles. The standard InChI is InChI=1S/C10H15.ClH.Ru/c1-6-7(2)9(4)10(5)8(6)3;;/h1-5H3;1H;/q-1;;+2/p-1. The van der Waals surface area contributed by atoms with Gasteiger partial charge in [-0.3, -0.25) is 0 Å². The van der Waals surface area contributed by atoms with Crippen molar-refractivity contribution < 1.29 is 17.3 Å². The Bertz CT molecular complexity index is 181. The van der Waals surface area contributed by atoms with Crippen LogP contribution in [0.15, 0.2) is 0 Å². The van der Waals surface area contributed by atoms with Crippen molar-refractivity contribution in [3.63, 3.8) is 0 Å². The van der Waals surface area contributed by atoms with E-state index in [0.29, 0.717) is 0 Å². The van der Waals surface area contributed by atoms with E-state index in [1.54, 1.807) is 0 Å². The summed E-state index contributed by atoms with van der Waals surface area (Å²) in [5.41, 5.74) is 7.34. The number of hydrogen-bond acceptors (Lipinski definition) is 0. The first-order valence-electron chi connectivity index (χ1n) is 3.88. The Hall–Kier alpha value is 0.263. The van der Waals surface area contributed by atoms with Gasteiger partial charge in [-0.25, -0.2) is 0 Å². The molecule has 0 amide bonds. The van der Waals surface area contributed by atoms with E-state index in [-0.39, 0.29) is 0 Å². The molecule has 0 aliphatic carbocycles. The van der Waals surface area contributed by atoms with E-state index in [1.165, 1.54) is 27.8 Å². The van der Waals surface area contributed by atoms with Crippen LogP contribution >= 0.6 is 9.69 Å². The first-order chi connectivity index (χ1) is 5.55. The van der Waals surface area contributed by atoms with Gasteiger partial charge in [0.1, 0.15) is 0 Å². The predicted molar refractivity (Wildman–Crippen MR) is 51.6 cm³/mol. The third-order valence-electron chi connectivity index (χ3n) is 2.81. The van der Waals surface area contributed by atoms with Gasteiger partial charge in [-0.15, -0.1) is 0 Å². The van der Waals surface area contributed by atoms with Crippen LogP contribution in [0.1, 0.15) is 27.8 Å². The average Bonchev–Trinajstić information content (AvgIpc) is 2.27. The molecule has 0 bridgehead atoms. The van der Waals surface area contributed by atoms with Crippen LogP contribution in [0.4, 0.5) is 0 Å². The van der Waals surface area contributed by atoms with Crippen molar-refractivity contribution in [3.05, 3.63) is 27.8 Å². The molecule has 1 aromatic rings. The van der Waals surface area contributed by atoms with E-state index in [0.717, 1.165) is 0 Å². The quantitative estimate of drug-likeness (QED) is 0.499. The molecule has 2 heteroatoms. The first-order valence-corrected chi connectivity index (χ1v) is 6.12. The van der Waals surface area contributed by atoms with Crippen LogP contribution in [-0.4, -0.2) is 0 Å². The van der Waals surface area contributed by atoms with Gasteiger partial charge in [0, 0.05) is 0 Å². The molecule has 0 saturated carbocycles. The number of halogens is 1. The molecule has 0 atom stereocenters. The van der Waals surface area contributed by atoms with Crippen LogP contribution in [0.3, 0.4) is 0 Å². The molecule has 0 radical (unpaired) electrons. The van der Waals surface area contributed by atoms with Crippen molar-refractivity contribution >= 4 is 9.69 Å². The summed E-state index contributed by atoms with van der Waals surface area (Å²) in [6.07, 6.45) is 0. The zero-order valence-corrected chi connectivity index (χ0v) is 10.7. The Balaban J connectivity index is 0.000000561. The maximum atomic E-state index is 4.57. The summed E-state index contributed by atoms with van der Waals surface area (Å²) in [5.74, 6) is 0. The second-order valence-corrected chi connectivity index (χ2v) is 3.12. The molecule has 0 spiro atoms. The van der Waals surface area contributed by atoms with E-state index >= 15 is 0 Å². The molecule has 0 aliphatic rings. The minimum atomic E-state index is 1.47. The SMILES string of the molecule is Cc1c(C)c(C)[c-](C)c1C.[Cl][Ru+]. The van der Waals surface area contributed by atoms with Gasteiger partial charge >= 0.3 is 27.0 Å². The minimum absolute atomic E-state index is 1.47. The molecule has 0 heterocycles. The fraction of sp³-hybridized carbons (Fsp3) is 0.500. The van der Waals surface area contributed by atoms with Crippen LogP contribution in [0.5, 0.6) is 0 Å². The fourth-order valence-electron chi connectivity index (χ4n) is 1.41. The molecule has 12 heavy (non-hydrogen) atoms. The van der Waals surface area contributed by atoms with Crippen LogP contribution in [0.2, 0.25) is 0 Å². The Morgan fingerprint density at radius 1 is 0.917 bits per heavy atom. The Morgan fingerprint density at radius 3 is 1.25 bits per heavy atom. The van der Waals surface area contributed by atoms with Crippen molar-refractivity contribution in [2.24, 2.45) is 0 Å². The monoisotopic (exact) mass is 272 g/mol. The second kappa shape index (κ2) is 5.09. The summed E-state index contributed by atoms with van der Waals surface area (Å²) in [6.45, 7) is 11.0. The van der Waals surface area contributed by atoms with Crippen molar-refractivity contribution in [2.75, 3.05) is 0 Å². The summed E-state index contributed by atoms with van der Waals surface area (Å²) in [5, 5.41) is 0. The van der Waals surface area contributed by atoms with E-state index in [9.17, 15) is 0 Å². The molecule has 1 aromatic carbocycles. The van der Waals surface area contributed by atoms with Gasteiger partial charge in [-0.05, 0) is 0 Å². The molecule has 0 N–H and O–H groups in total. The molecule has 70 valence electrons. The van der Waals surface area contributed by atoms with Crippen LogP contribution < -0.4 is 0 Å². The third-order valence-corrected chi connectivity index (χ3v) is 2.81. The fourth-order valence-corrected chi connectivity index (χ4v) is 1.41. The third kappa shape index (κ3) is 2.14. The molecular weight excluding hydrogens is 257 g/mol. The predicted octanol–water partition coefficient (Wildman–Crippen LogP) is 3.63. The van der Waals surface area contributed by atoms with Crippen LogP contribution in [0, 0.1) is 34.6 Å². The second-order valence-electron chi connectivity index (χ2n) is 3.12. The Labute approximate surface area is 89.4 Å². The zero-order chi connectivity index (χ0) is 9.89. The summed E-state index contributed by atoms with van der Waals surface area (Å²) >= 11 is 1.82. The zero-order valence-electron chi connectivity index (χ0n) is 8.23. The molecule has 0 aromatic heterocycles. The Kier molecular flexibility index (Phi) is 5.20. The molecule has 1 rings (SSSR count). The van der Waals surface area contributed by atoms with Gasteiger partial charge in [0.05, 0.1) is 0 Å². The molecule has 0 unspecified atom stereocenters. The van der Waals surface area contributed by atoms with E-state index in [1.807, 2.05) is 17.3 Å². The summed E-state index contributed by atoms with van der Waals surface area (Å²) in [4.78, 5) is 0.